The zero-order valence-corrected chi connectivity index (χ0v) is 16.1. The number of carbonyl (C=O) groups is 2. The molecule has 27 heavy (non-hydrogen) atoms. The number of imide groups is 1. The summed E-state index contributed by atoms with van der Waals surface area (Å²) in [6, 6.07) is 7.62. The number of quaternary nitrogens is 1. The number of nitrogens with one attached hydrogen (secondary N) is 1. The third kappa shape index (κ3) is 2.32. The maximum atomic E-state index is 13.1. The number of amides is 2. The van der Waals surface area contributed by atoms with Gasteiger partial charge in [0.25, 0.3) is 0 Å². The summed E-state index contributed by atoms with van der Waals surface area (Å²) >= 11 is 6.39. The number of carbonyl (C=O) groups excluding carboxylic acids is 2. The van der Waals surface area contributed by atoms with Crippen molar-refractivity contribution in [1.29, 1.82) is 0 Å². The molecule has 1 N–H and O–H groups in total. The van der Waals surface area contributed by atoms with E-state index in [4.69, 9.17) is 16.4 Å². The number of oxime groups is 1. The topological polar surface area (TPSA) is 63.4 Å². The smallest absolute Gasteiger partial charge is 0.233 e. The van der Waals surface area contributed by atoms with Crippen LogP contribution in [0.3, 0.4) is 0 Å². The van der Waals surface area contributed by atoms with Crippen LogP contribution in [-0.2, 0) is 14.4 Å². The van der Waals surface area contributed by atoms with Gasteiger partial charge in [-0.15, -0.1) is 0 Å². The highest BCUT2D eigenvalue weighted by Gasteiger charge is 2.70. The average Bonchev–Trinajstić information content (AvgIpc) is 3.35. The summed E-state index contributed by atoms with van der Waals surface area (Å²) in [6.45, 7) is 1.26. The van der Waals surface area contributed by atoms with Crippen molar-refractivity contribution in [2.24, 2.45) is 34.7 Å². The van der Waals surface area contributed by atoms with Gasteiger partial charge >= 0.3 is 0 Å². The van der Waals surface area contributed by atoms with Crippen LogP contribution in [0.1, 0.15) is 12.0 Å². The quantitative estimate of drug-likeness (QED) is 0.762. The predicted molar refractivity (Wildman–Crippen MR) is 99.3 cm³/mol. The van der Waals surface area contributed by atoms with Crippen LogP contribution in [0.5, 0.6) is 0 Å². The second-order valence-electron chi connectivity index (χ2n) is 8.45. The molecule has 2 aliphatic carbocycles. The summed E-state index contributed by atoms with van der Waals surface area (Å²) in [5, 5.41) is 4.98. The summed E-state index contributed by atoms with van der Waals surface area (Å²) in [6.07, 6.45) is 0.747. The number of rotatable bonds is 4. The van der Waals surface area contributed by atoms with Crippen LogP contribution in [0.25, 0.3) is 0 Å². The number of likely N-dealkylation sites (N-methyl/N-ethyl adjacent to an activating group) is 1. The van der Waals surface area contributed by atoms with E-state index >= 15 is 0 Å². The molecule has 2 heterocycles. The first kappa shape index (κ1) is 17.2. The van der Waals surface area contributed by atoms with Gasteiger partial charge in [0.2, 0.25) is 11.8 Å². The fourth-order valence-corrected chi connectivity index (χ4v) is 5.87. The van der Waals surface area contributed by atoms with E-state index in [9.17, 15) is 9.59 Å². The highest BCUT2D eigenvalue weighted by molar-refractivity contribution is 6.34. The number of hydrogen-bond donors (Lipinski definition) is 1. The van der Waals surface area contributed by atoms with Crippen molar-refractivity contribution in [1.82, 2.24) is 4.90 Å². The van der Waals surface area contributed by atoms with E-state index in [1.54, 1.807) is 0 Å². The Kier molecular flexibility index (Phi) is 3.85. The normalized spacial score (nSPS) is 36.3. The van der Waals surface area contributed by atoms with Gasteiger partial charge in [-0.05, 0) is 18.4 Å². The van der Waals surface area contributed by atoms with Crippen LogP contribution in [0.2, 0.25) is 5.02 Å². The van der Waals surface area contributed by atoms with Crippen molar-refractivity contribution in [3.63, 3.8) is 0 Å². The van der Waals surface area contributed by atoms with E-state index in [2.05, 4.69) is 5.16 Å². The Morgan fingerprint density at radius 3 is 2.56 bits per heavy atom. The number of halogens is 1. The lowest BCUT2D eigenvalue weighted by Gasteiger charge is -2.30. The molecule has 6 nitrogen and oxygen atoms in total. The van der Waals surface area contributed by atoms with Gasteiger partial charge in [-0.3, -0.25) is 14.5 Å². The maximum absolute atomic E-state index is 13.1. The molecule has 0 unspecified atom stereocenters. The summed E-state index contributed by atoms with van der Waals surface area (Å²) in [7, 11) is 4.06. The maximum Gasteiger partial charge on any atom is 0.233 e. The van der Waals surface area contributed by atoms with E-state index in [1.807, 2.05) is 38.4 Å². The van der Waals surface area contributed by atoms with E-state index in [-0.39, 0.29) is 47.5 Å². The SMILES string of the molecule is C[NH+](C)CCN1C(=O)[C@@H]2[C@@H]3C[C@@H]([C@H]4ON=C(c5ccccc5Cl)[C@@H]34)[C@@H]2C1=O. The molecule has 142 valence electrons. The Balaban J connectivity index is 1.44. The third-order valence-corrected chi connectivity index (χ3v) is 7.10. The van der Waals surface area contributed by atoms with Crippen molar-refractivity contribution in [3.05, 3.63) is 34.9 Å². The summed E-state index contributed by atoms with van der Waals surface area (Å²) in [5.41, 5.74) is 1.72. The Bertz CT molecular complexity index is 855. The summed E-state index contributed by atoms with van der Waals surface area (Å²) in [5.74, 6) is -0.239. The van der Waals surface area contributed by atoms with Crippen LogP contribution >= 0.6 is 11.6 Å². The Hall–Kier alpha value is -1.92. The number of likely N-dealkylation sites (tertiary alicyclic amines) is 1. The summed E-state index contributed by atoms with van der Waals surface area (Å²) in [4.78, 5) is 34.6. The first-order valence-corrected chi connectivity index (χ1v) is 9.99. The molecular formula is C20H23ClN3O3+. The molecule has 4 aliphatic rings. The molecule has 1 saturated heterocycles. The molecule has 0 spiro atoms. The molecule has 1 aromatic rings. The first-order valence-electron chi connectivity index (χ1n) is 9.62. The molecule has 6 atom stereocenters. The monoisotopic (exact) mass is 388 g/mol. The van der Waals surface area contributed by atoms with Gasteiger partial charge in [-0.1, -0.05) is 35.0 Å². The molecule has 3 fully saturated rings. The predicted octanol–water partition coefficient (Wildman–Crippen LogP) is 0.455. The van der Waals surface area contributed by atoms with Gasteiger partial charge in [0.1, 0.15) is 6.10 Å². The number of fused-ring (bicyclic) bond motifs is 8. The molecule has 0 radical (unpaired) electrons. The molecular weight excluding hydrogens is 366 g/mol. The van der Waals surface area contributed by atoms with Crippen molar-refractivity contribution in [2.45, 2.75) is 12.5 Å². The molecule has 7 heteroatoms. The van der Waals surface area contributed by atoms with Gasteiger partial charge in [0.15, 0.2) is 0 Å². The minimum Gasteiger partial charge on any atom is -0.391 e. The third-order valence-electron chi connectivity index (χ3n) is 6.77. The largest absolute Gasteiger partial charge is 0.391 e. The zero-order valence-electron chi connectivity index (χ0n) is 15.4. The van der Waals surface area contributed by atoms with E-state index < -0.39 is 0 Å². The van der Waals surface area contributed by atoms with Crippen LogP contribution in [-0.4, -0.2) is 55.7 Å². The number of benzene rings is 1. The van der Waals surface area contributed by atoms with Crippen molar-refractivity contribution in [2.75, 3.05) is 27.2 Å². The molecule has 5 rings (SSSR count). The summed E-state index contributed by atoms with van der Waals surface area (Å²) < 4.78 is 0. The highest BCUT2D eigenvalue weighted by atomic mass is 35.5. The second-order valence-corrected chi connectivity index (χ2v) is 8.86. The molecule has 2 amide bonds. The minimum atomic E-state index is -0.235. The van der Waals surface area contributed by atoms with E-state index in [1.165, 1.54) is 9.80 Å². The van der Waals surface area contributed by atoms with Gasteiger partial charge < -0.3 is 9.74 Å². The van der Waals surface area contributed by atoms with Crippen LogP contribution < -0.4 is 4.90 Å². The van der Waals surface area contributed by atoms with Crippen LogP contribution in [0, 0.1) is 29.6 Å². The lowest BCUT2D eigenvalue weighted by Crippen LogP contribution is -3.06. The lowest BCUT2D eigenvalue weighted by atomic mass is 9.71. The Morgan fingerprint density at radius 2 is 1.85 bits per heavy atom. The van der Waals surface area contributed by atoms with Gasteiger partial charge in [0.05, 0.1) is 44.7 Å². The molecule has 2 saturated carbocycles. The van der Waals surface area contributed by atoms with Crippen LogP contribution in [0.4, 0.5) is 0 Å². The highest BCUT2D eigenvalue weighted by Crippen LogP contribution is 2.61. The standard InChI is InChI=1S/C20H22ClN3O3/c1-23(2)7-8-24-19(25)14-11-9-12(15(14)20(24)26)18-16(11)17(22-27-18)10-5-3-4-6-13(10)21/h3-6,11-12,14-16,18H,7-9H2,1-2H3/p+1/t11-,12+,14+,15-,16+,18+/m0/s1. The molecule has 1 aromatic carbocycles. The minimum absolute atomic E-state index is 0.00242. The zero-order chi connectivity index (χ0) is 18.9. The van der Waals surface area contributed by atoms with Crippen molar-refractivity contribution >= 4 is 29.1 Å². The lowest BCUT2D eigenvalue weighted by molar-refractivity contribution is -0.857. The molecule has 2 bridgehead atoms. The Labute approximate surface area is 163 Å². The molecule has 0 aromatic heterocycles. The van der Waals surface area contributed by atoms with Gasteiger partial charge in [0, 0.05) is 22.4 Å². The fourth-order valence-electron chi connectivity index (χ4n) is 5.63. The van der Waals surface area contributed by atoms with E-state index in [0.29, 0.717) is 11.6 Å². The van der Waals surface area contributed by atoms with E-state index in [0.717, 1.165) is 24.2 Å². The number of hydrogen-bond acceptors (Lipinski definition) is 4. The second kappa shape index (κ2) is 6.04. The van der Waals surface area contributed by atoms with Gasteiger partial charge in [-0.2, -0.15) is 0 Å². The Morgan fingerprint density at radius 1 is 1.15 bits per heavy atom. The fraction of sp³-hybridized carbons (Fsp3) is 0.550. The van der Waals surface area contributed by atoms with Gasteiger partial charge in [-0.25, -0.2) is 0 Å². The van der Waals surface area contributed by atoms with Crippen LogP contribution in [0.15, 0.2) is 29.4 Å². The number of nitrogens with zero attached hydrogens (tertiary/aromatic N) is 2. The first-order chi connectivity index (χ1) is 13.0. The molecule has 2 aliphatic heterocycles. The average molecular weight is 389 g/mol. The van der Waals surface area contributed by atoms with Crippen molar-refractivity contribution < 1.29 is 19.3 Å². The van der Waals surface area contributed by atoms with Crippen molar-refractivity contribution in [3.8, 4) is 0 Å².